The number of hydrogen-bond acceptors (Lipinski definition) is 8. The first-order valence-electron chi connectivity index (χ1n) is 14.4. The topological polar surface area (TPSA) is 85.3 Å². The number of carbonyl (C=O) groups is 1. The number of phenols is 1. The van der Waals surface area contributed by atoms with Crippen molar-refractivity contribution in [3.8, 4) is 11.8 Å². The molecule has 0 bridgehead atoms. The second-order valence-electron chi connectivity index (χ2n) is 11.2. The van der Waals surface area contributed by atoms with E-state index in [1.807, 2.05) is 28.0 Å². The van der Waals surface area contributed by atoms with E-state index in [9.17, 15) is 18.7 Å². The standard InChI is InChI=1S/C30H36F2N6O3/c1-21(39)36-12-14-37(15-13-36)28-25-6-9-38(27-19-23(40)18-22-4-2-3-5-24(22)27)20-26(25)33-29(34-28)41-17-16-35-10-7-30(31,32)8-11-35/h2-5,18-19,40H,6-17,20H2,1H3. The van der Waals surface area contributed by atoms with E-state index in [1.165, 1.54) is 0 Å². The highest BCUT2D eigenvalue weighted by Gasteiger charge is 2.34. The molecule has 41 heavy (non-hydrogen) atoms. The SMILES string of the molecule is CC(=O)N1CCN(c2nc(OCCN3CCC(F)(F)CC3)nc3c2CCN(c2cc(O)cc4ccccc24)C3)CC1. The zero-order valence-electron chi connectivity index (χ0n) is 23.4. The van der Waals surface area contributed by atoms with Gasteiger partial charge in [-0.15, -0.1) is 0 Å². The lowest BCUT2D eigenvalue weighted by atomic mass is 10.0. The van der Waals surface area contributed by atoms with Gasteiger partial charge in [-0.3, -0.25) is 9.69 Å². The molecule has 2 fully saturated rings. The van der Waals surface area contributed by atoms with Gasteiger partial charge in [0, 0.05) is 94.8 Å². The van der Waals surface area contributed by atoms with Gasteiger partial charge in [0.05, 0.1) is 12.2 Å². The molecule has 0 spiro atoms. The summed E-state index contributed by atoms with van der Waals surface area (Å²) in [6, 6.07) is 11.9. The molecule has 2 saturated heterocycles. The van der Waals surface area contributed by atoms with Crippen molar-refractivity contribution >= 4 is 28.2 Å². The van der Waals surface area contributed by atoms with E-state index >= 15 is 0 Å². The van der Waals surface area contributed by atoms with E-state index in [0.717, 1.165) is 46.5 Å². The molecule has 0 atom stereocenters. The van der Waals surface area contributed by atoms with E-state index in [1.54, 1.807) is 19.1 Å². The number of halogens is 2. The van der Waals surface area contributed by atoms with Crippen molar-refractivity contribution in [2.75, 3.05) is 68.8 Å². The minimum atomic E-state index is -2.58. The lowest BCUT2D eigenvalue weighted by Crippen LogP contribution is -2.49. The van der Waals surface area contributed by atoms with Crippen LogP contribution in [0.2, 0.25) is 0 Å². The third-order valence-electron chi connectivity index (χ3n) is 8.44. The van der Waals surface area contributed by atoms with Gasteiger partial charge in [0.25, 0.3) is 5.92 Å². The van der Waals surface area contributed by atoms with Gasteiger partial charge >= 0.3 is 6.01 Å². The number of carbonyl (C=O) groups excluding carboxylic acids is 1. The minimum Gasteiger partial charge on any atom is -0.508 e. The number of hydrogen-bond donors (Lipinski definition) is 1. The molecule has 3 aromatic rings. The van der Waals surface area contributed by atoms with Gasteiger partial charge < -0.3 is 24.5 Å². The summed E-state index contributed by atoms with van der Waals surface area (Å²) in [6.07, 6.45) is 0.473. The van der Waals surface area contributed by atoms with Crippen LogP contribution < -0.4 is 14.5 Å². The van der Waals surface area contributed by atoms with Crippen LogP contribution in [-0.2, 0) is 17.8 Å². The molecule has 4 heterocycles. The molecule has 11 heteroatoms. The van der Waals surface area contributed by atoms with E-state index in [0.29, 0.717) is 59.0 Å². The summed E-state index contributed by atoms with van der Waals surface area (Å²) in [7, 11) is 0. The van der Waals surface area contributed by atoms with Crippen LogP contribution in [0.25, 0.3) is 10.8 Å². The van der Waals surface area contributed by atoms with E-state index in [-0.39, 0.29) is 30.5 Å². The number of likely N-dealkylation sites (tertiary alicyclic amines) is 1. The van der Waals surface area contributed by atoms with Crippen molar-refractivity contribution in [1.29, 1.82) is 0 Å². The average Bonchev–Trinajstić information content (AvgIpc) is 2.97. The van der Waals surface area contributed by atoms with Crippen molar-refractivity contribution in [2.45, 2.75) is 38.7 Å². The molecule has 3 aliphatic heterocycles. The van der Waals surface area contributed by atoms with Gasteiger partial charge in [0.1, 0.15) is 18.2 Å². The van der Waals surface area contributed by atoms with Gasteiger partial charge in [-0.2, -0.15) is 9.97 Å². The lowest BCUT2D eigenvalue weighted by molar-refractivity contribution is -0.129. The summed E-state index contributed by atoms with van der Waals surface area (Å²) < 4.78 is 33.2. The Balaban J connectivity index is 1.25. The Morgan fingerprint density at radius 3 is 2.51 bits per heavy atom. The summed E-state index contributed by atoms with van der Waals surface area (Å²) in [4.78, 5) is 29.8. The van der Waals surface area contributed by atoms with Crippen molar-refractivity contribution in [2.24, 2.45) is 0 Å². The number of piperidine rings is 1. The van der Waals surface area contributed by atoms with Gasteiger partial charge in [0.15, 0.2) is 0 Å². The number of ether oxygens (including phenoxy) is 1. The highest BCUT2D eigenvalue weighted by Crippen LogP contribution is 2.36. The number of aromatic hydroxyl groups is 1. The van der Waals surface area contributed by atoms with Gasteiger partial charge in [-0.1, -0.05) is 24.3 Å². The molecule has 0 unspecified atom stereocenters. The number of benzene rings is 2. The molecular formula is C30H36F2N6O3. The van der Waals surface area contributed by atoms with Crippen molar-refractivity contribution in [3.63, 3.8) is 0 Å². The molecule has 1 amide bonds. The minimum absolute atomic E-state index is 0.0721. The number of piperazine rings is 1. The molecule has 1 aromatic heterocycles. The number of anilines is 2. The summed E-state index contributed by atoms with van der Waals surface area (Å²) in [5, 5.41) is 12.5. The summed E-state index contributed by atoms with van der Waals surface area (Å²) in [6.45, 7) is 7.01. The molecule has 9 nitrogen and oxygen atoms in total. The lowest BCUT2D eigenvalue weighted by Gasteiger charge is -2.38. The third kappa shape index (κ3) is 6.00. The van der Waals surface area contributed by atoms with Gasteiger partial charge in [0.2, 0.25) is 5.91 Å². The molecule has 1 N–H and O–H groups in total. The number of alkyl halides is 2. The quantitative estimate of drug-likeness (QED) is 0.484. The largest absolute Gasteiger partial charge is 0.508 e. The number of nitrogens with zero attached hydrogens (tertiary/aromatic N) is 6. The Morgan fingerprint density at radius 2 is 1.76 bits per heavy atom. The second kappa shape index (κ2) is 11.3. The zero-order chi connectivity index (χ0) is 28.6. The third-order valence-corrected chi connectivity index (χ3v) is 8.44. The van der Waals surface area contributed by atoms with Crippen molar-refractivity contribution < 1.29 is 23.4 Å². The number of aromatic nitrogens is 2. The number of rotatable bonds is 6. The predicted molar refractivity (Wildman–Crippen MR) is 153 cm³/mol. The highest BCUT2D eigenvalue weighted by atomic mass is 19.3. The molecule has 6 rings (SSSR count). The first-order chi connectivity index (χ1) is 19.8. The van der Waals surface area contributed by atoms with Crippen LogP contribution in [-0.4, -0.2) is 95.7 Å². The number of amides is 1. The summed E-state index contributed by atoms with van der Waals surface area (Å²) >= 11 is 0. The first-order valence-corrected chi connectivity index (χ1v) is 14.4. The van der Waals surface area contributed by atoms with Crippen molar-refractivity contribution in [1.82, 2.24) is 19.8 Å². The monoisotopic (exact) mass is 566 g/mol. The van der Waals surface area contributed by atoms with Gasteiger partial charge in [-0.25, -0.2) is 8.78 Å². The molecular weight excluding hydrogens is 530 g/mol. The Hall–Kier alpha value is -3.73. The maximum absolute atomic E-state index is 13.6. The van der Waals surface area contributed by atoms with Crippen LogP contribution in [0.5, 0.6) is 11.8 Å². The van der Waals surface area contributed by atoms with Crippen LogP contribution in [0, 0.1) is 0 Å². The van der Waals surface area contributed by atoms with Crippen LogP contribution >= 0.6 is 0 Å². The maximum Gasteiger partial charge on any atom is 0.318 e. The fourth-order valence-electron chi connectivity index (χ4n) is 6.06. The Kier molecular flexibility index (Phi) is 7.54. The molecule has 218 valence electrons. The summed E-state index contributed by atoms with van der Waals surface area (Å²) in [5.74, 6) is -1.45. The number of fused-ring (bicyclic) bond motifs is 2. The molecule has 0 radical (unpaired) electrons. The normalized spacial score (nSPS) is 19.3. The average molecular weight is 567 g/mol. The van der Waals surface area contributed by atoms with E-state index < -0.39 is 5.92 Å². The van der Waals surface area contributed by atoms with Crippen LogP contribution in [0.3, 0.4) is 0 Å². The van der Waals surface area contributed by atoms with Gasteiger partial charge in [-0.05, 0) is 17.9 Å². The summed E-state index contributed by atoms with van der Waals surface area (Å²) in [5.41, 5.74) is 2.90. The maximum atomic E-state index is 13.6. The Labute approximate surface area is 238 Å². The smallest absolute Gasteiger partial charge is 0.318 e. The number of phenolic OH excluding ortho intramolecular Hbond substituents is 1. The van der Waals surface area contributed by atoms with Crippen LogP contribution in [0.4, 0.5) is 20.3 Å². The molecule has 2 aromatic carbocycles. The Morgan fingerprint density at radius 1 is 1.00 bits per heavy atom. The predicted octanol–water partition coefficient (Wildman–Crippen LogP) is 3.68. The van der Waals surface area contributed by atoms with Crippen molar-refractivity contribution in [3.05, 3.63) is 47.7 Å². The fourth-order valence-corrected chi connectivity index (χ4v) is 6.06. The van der Waals surface area contributed by atoms with Crippen LogP contribution in [0.1, 0.15) is 31.0 Å². The molecule has 0 aliphatic carbocycles. The Bertz CT molecular complexity index is 1420. The van der Waals surface area contributed by atoms with E-state index in [4.69, 9.17) is 14.7 Å². The fraction of sp³-hybridized carbons (Fsp3) is 0.500. The van der Waals surface area contributed by atoms with E-state index in [2.05, 4.69) is 15.9 Å². The highest BCUT2D eigenvalue weighted by molar-refractivity contribution is 5.95. The zero-order valence-corrected chi connectivity index (χ0v) is 23.4. The van der Waals surface area contributed by atoms with Crippen LogP contribution in [0.15, 0.2) is 36.4 Å². The second-order valence-corrected chi connectivity index (χ2v) is 11.2. The first kappa shape index (κ1) is 27.4. The molecule has 3 aliphatic rings. The molecule has 0 saturated carbocycles.